The van der Waals surface area contributed by atoms with Crippen LogP contribution in [0.15, 0.2) is 0 Å². The molecule has 1 aliphatic heterocycles. The second-order valence-corrected chi connectivity index (χ2v) is 3.18. The quantitative estimate of drug-likeness (QED) is 0.336. The van der Waals surface area contributed by atoms with Crippen LogP contribution in [0.25, 0.3) is 0 Å². The van der Waals surface area contributed by atoms with Crippen LogP contribution in [0.2, 0.25) is 0 Å². The van der Waals surface area contributed by atoms with E-state index in [1.807, 2.05) is 0 Å². The first kappa shape index (κ1) is 12.1. The number of hydrogen-bond donors (Lipinski definition) is 3. The molecule has 0 amide bonds. The maximum absolute atomic E-state index is 8.74. The SMILES string of the molecule is N#CN1CCNCC1.O=S(=O)(O)O. The summed E-state index contributed by atoms with van der Waals surface area (Å²) in [4.78, 5) is 1.76. The molecule has 13 heavy (non-hydrogen) atoms. The number of nitrogens with one attached hydrogen (secondary N) is 1. The topological polar surface area (TPSA) is 114 Å². The molecule has 0 radical (unpaired) electrons. The van der Waals surface area contributed by atoms with E-state index in [0.717, 1.165) is 26.2 Å². The van der Waals surface area contributed by atoms with E-state index in [1.54, 1.807) is 4.90 Å². The molecule has 1 heterocycles. The molecule has 0 spiro atoms. The molecule has 0 saturated carbocycles. The molecule has 0 aromatic heterocycles. The predicted octanol–water partition coefficient (Wildman–Crippen LogP) is -1.28. The fourth-order valence-electron chi connectivity index (χ4n) is 0.765. The number of nitriles is 1. The Morgan fingerprint density at radius 2 is 1.69 bits per heavy atom. The molecule has 7 nitrogen and oxygen atoms in total. The molecule has 1 aliphatic rings. The normalized spacial score (nSPS) is 16.8. The van der Waals surface area contributed by atoms with Crippen molar-refractivity contribution in [3.8, 4) is 6.19 Å². The summed E-state index contributed by atoms with van der Waals surface area (Å²) in [5.41, 5.74) is 0. The zero-order chi connectivity index (χ0) is 10.3. The van der Waals surface area contributed by atoms with E-state index in [-0.39, 0.29) is 0 Å². The Bertz CT molecular complexity index is 256. The van der Waals surface area contributed by atoms with Crippen LogP contribution in [-0.4, -0.2) is 48.6 Å². The second kappa shape index (κ2) is 5.71. The van der Waals surface area contributed by atoms with Crippen LogP contribution in [0.1, 0.15) is 0 Å². The third-order valence-corrected chi connectivity index (χ3v) is 1.26. The summed E-state index contributed by atoms with van der Waals surface area (Å²) >= 11 is 0. The Balaban J connectivity index is 0.000000252. The van der Waals surface area contributed by atoms with Crippen LogP contribution in [0.3, 0.4) is 0 Å². The fourth-order valence-corrected chi connectivity index (χ4v) is 0.765. The van der Waals surface area contributed by atoms with Crippen LogP contribution in [0.4, 0.5) is 0 Å². The van der Waals surface area contributed by atoms with Gasteiger partial charge in [0.15, 0.2) is 6.19 Å². The van der Waals surface area contributed by atoms with Gasteiger partial charge in [-0.1, -0.05) is 0 Å². The van der Waals surface area contributed by atoms with Crippen LogP contribution in [0.5, 0.6) is 0 Å². The molecule has 0 aromatic carbocycles. The second-order valence-electron chi connectivity index (χ2n) is 2.28. The van der Waals surface area contributed by atoms with Crippen molar-refractivity contribution < 1.29 is 17.5 Å². The molecule has 0 aromatic rings. The van der Waals surface area contributed by atoms with Gasteiger partial charge in [0.05, 0.1) is 0 Å². The van der Waals surface area contributed by atoms with Crippen LogP contribution >= 0.6 is 0 Å². The van der Waals surface area contributed by atoms with Gasteiger partial charge in [-0.2, -0.15) is 13.7 Å². The molecule has 3 N–H and O–H groups in total. The maximum atomic E-state index is 8.74. The van der Waals surface area contributed by atoms with E-state index in [1.165, 1.54) is 0 Å². The Hall–Kier alpha value is -0.880. The van der Waals surface area contributed by atoms with Crippen molar-refractivity contribution in [3.05, 3.63) is 0 Å². The van der Waals surface area contributed by atoms with Gasteiger partial charge >= 0.3 is 10.4 Å². The average Bonchev–Trinajstić information content (AvgIpc) is 2.03. The van der Waals surface area contributed by atoms with Gasteiger partial charge in [-0.25, -0.2) is 0 Å². The van der Waals surface area contributed by atoms with Crippen molar-refractivity contribution in [2.45, 2.75) is 0 Å². The van der Waals surface area contributed by atoms with Crippen molar-refractivity contribution in [1.82, 2.24) is 10.2 Å². The smallest absolute Gasteiger partial charge is 0.313 e. The van der Waals surface area contributed by atoms with Crippen molar-refractivity contribution >= 4 is 10.4 Å². The van der Waals surface area contributed by atoms with Crippen molar-refractivity contribution in [2.24, 2.45) is 0 Å². The highest BCUT2D eigenvalue weighted by atomic mass is 32.3. The lowest BCUT2D eigenvalue weighted by molar-refractivity contribution is 0.337. The van der Waals surface area contributed by atoms with Gasteiger partial charge in [-0.15, -0.1) is 0 Å². The molecule has 0 aliphatic carbocycles. The summed E-state index contributed by atoms with van der Waals surface area (Å²) in [6.07, 6.45) is 2.10. The summed E-state index contributed by atoms with van der Waals surface area (Å²) in [5, 5.41) is 11.5. The van der Waals surface area contributed by atoms with Crippen LogP contribution < -0.4 is 5.32 Å². The number of piperazine rings is 1. The first-order chi connectivity index (χ1) is 5.93. The minimum absolute atomic E-state index is 0.872. The highest BCUT2D eigenvalue weighted by molar-refractivity contribution is 7.79. The Kier molecular flexibility index (Phi) is 5.33. The molecular formula is C5H11N3O4S. The van der Waals surface area contributed by atoms with Gasteiger partial charge in [0.2, 0.25) is 0 Å². The largest absolute Gasteiger partial charge is 0.394 e. The summed E-state index contributed by atoms with van der Waals surface area (Å²) in [6, 6.07) is 0. The fraction of sp³-hybridized carbons (Fsp3) is 0.800. The molecular weight excluding hydrogens is 198 g/mol. The average molecular weight is 209 g/mol. The first-order valence-corrected chi connectivity index (χ1v) is 4.88. The Morgan fingerprint density at radius 1 is 1.31 bits per heavy atom. The summed E-state index contributed by atoms with van der Waals surface area (Å²) in [5.74, 6) is 0. The lowest BCUT2D eigenvalue weighted by atomic mass is 10.4. The van der Waals surface area contributed by atoms with Crippen molar-refractivity contribution in [2.75, 3.05) is 26.2 Å². The highest BCUT2D eigenvalue weighted by Crippen LogP contribution is 1.86. The van der Waals surface area contributed by atoms with Crippen LogP contribution in [-0.2, 0) is 10.4 Å². The standard InChI is InChI=1S/C5H9N3.H2O4S/c6-5-8-3-1-7-2-4-8;1-5(2,3)4/h7H,1-4H2;(H2,1,2,3,4). The maximum Gasteiger partial charge on any atom is 0.394 e. The van der Waals surface area contributed by atoms with Gasteiger partial charge in [0.25, 0.3) is 0 Å². The Morgan fingerprint density at radius 3 is 1.92 bits per heavy atom. The monoisotopic (exact) mass is 209 g/mol. The van der Waals surface area contributed by atoms with Gasteiger partial charge in [-0.3, -0.25) is 9.11 Å². The van der Waals surface area contributed by atoms with Gasteiger partial charge in [0, 0.05) is 26.2 Å². The first-order valence-electron chi connectivity index (χ1n) is 3.49. The molecule has 0 atom stereocenters. The lowest BCUT2D eigenvalue weighted by Gasteiger charge is -2.20. The van der Waals surface area contributed by atoms with Gasteiger partial charge in [-0.05, 0) is 0 Å². The number of rotatable bonds is 0. The van der Waals surface area contributed by atoms with Gasteiger partial charge in [0.1, 0.15) is 0 Å². The van der Waals surface area contributed by atoms with E-state index in [9.17, 15) is 0 Å². The highest BCUT2D eigenvalue weighted by Gasteiger charge is 2.04. The molecule has 8 heteroatoms. The molecule has 1 fully saturated rings. The summed E-state index contributed by atoms with van der Waals surface area (Å²) in [7, 11) is -4.67. The summed E-state index contributed by atoms with van der Waals surface area (Å²) < 4.78 is 31.6. The minimum atomic E-state index is -4.67. The molecule has 0 unspecified atom stereocenters. The van der Waals surface area contributed by atoms with Crippen molar-refractivity contribution in [1.29, 1.82) is 5.26 Å². The molecule has 1 saturated heterocycles. The third kappa shape index (κ3) is 11.1. The predicted molar refractivity (Wildman–Crippen MR) is 44.2 cm³/mol. The Labute approximate surface area is 76.5 Å². The lowest BCUT2D eigenvalue weighted by Crippen LogP contribution is -2.40. The number of hydrogen-bond acceptors (Lipinski definition) is 5. The number of nitrogens with zero attached hydrogens (tertiary/aromatic N) is 2. The summed E-state index contributed by atoms with van der Waals surface area (Å²) in [6.45, 7) is 3.65. The third-order valence-electron chi connectivity index (χ3n) is 1.26. The molecule has 76 valence electrons. The molecule has 0 bridgehead atoms. The van der Waals surface area contributed by atoms with E-state index >= 15 is 0 Å². The zero-order valence-corrected chi connectivity index (χ0v) is 7.66. The van der Waals surface area contributed by atoms with E-state index in [0.29, 0.717) is 0 Å². The van der Waals surface area contributed by atoms with Crippen LogP contribution in [0, 0.1) is 11.5 Å². The minimum Gasteiger partial charge on any atom is -0.313 e. The van der Waals surface area contributed by atoms with Gasteiger partial charge < -0.3 is 10.2 Å². The van der Waals surface area contributed by atoms with Crippen molar-refractivity contribution in [3.63, 3.8) is 0 Å². The molecule has 1 rings (SSSR count). The van der Waals surface area contributed by atoms with E-state index in [2.05, 4.69) is 11.5 Å². The van der Waals surface area contributed by atoms with E-state index < -0.39 is 10.4 Å². The zero-order valence-electron chi connectivity index (χ0n) is 6.84. The van der Waals surface area contributed by atoms with E-state index in [4.69, 9.17) is 22.8 Å².